The molecule has 0 radical (unpaired) electrons. The van der Waals surface area contributed by atoms with Crippen molar-refractivity contribution in [2.75, 3.05) is 26.2 Å². The molecule has 2 aromatic carbocycles. The van der Waals surface area contributed by atoms with Gasteiger partial charge in [-0.15, -0.1) is 0 Å². The molecule has 0 unspecified atom stereocenters. The molecule has 1 saturated heterocycles. The lowest BCUT2D eigenvalue weighted by molar-refractivity contribution is 0.0412. The molecule has 7 nitrogen and oxygen atoms in total. The topological polar surface area (TPSA) is 86.5 Å². The zero-order valence-corrected chi connectivity index (χ0v) is 19.9. The molecule has 1 atom stereocenters. The fourth-order valence-corrected chi connectivity index (χ4v) is 4.31. The first-order chi connectivity index (χ1) is 16.4. The van der Waals surface area contributed by atoms with Gasteiger partial charge in [-0.25, -0.2) is 9.78 Å². The van der Waals surface area contributed by atoms with Crippen LogP contribution in [-0.4, -0.2) is 59.1 Å². The zero-order valence-electron chi connectivity index (χ0n) is 19.1. The van der Waals surface area contributed by atoms with Crippen molar-refractivity contribution >= 4 is 34.5 Å². The van der Waals surface area contributed by atoms with Gasteiger partial charge in [-0.1, -0.05) is 36.7 Å². The van der Waals surface area contributed by atoms with Gasteiger partial charge in [0, 0.05) is 42.2 Å². The van der Waals surface area contributed by atoms with Crippen LogP contribution >= 0.6 is 11.6 Å². The van der Waals surface area contributed by atoms with E-state index in [-0.39, 0.29) is 18.0 Å². The number of nitrogens with zero attached hydrogens (tertiary/aromatic N) is 4. The highest BCUT2D eigenvalue weighted by Crippen LogP contribution is 2.29. The molecule has 0 N–H and O–H groups in total. The van der Waals surface area contributed by atoms with Crippen molar-refractivity contribution < 1.29 is 14.3 Å². The Morgan fingerprint density at radius 2 is 1.94 bits per heavy atom. The molecule has 1 aliphatic rings. The average molecular weight is 477 g/mol. The van der Waals surface area contributed by atoms with Crippen molar-refractivity contribution in [3.8, 4) is 17.3 Å². The second kappa shape index (κ2) is 10.1. The standard InChI is InChI=1S/C26H25ClN4O3/c1-3-12-34-26(33)31-11-10-30(16-17(31)2)25(32)20-8-9-21-22(27)14-23(29-24(21)13-20)19-6-4-18(15-28)5-7-19/h4-9,13-14,17H,3,10-12,16H2,1-2H3/t17-/m1/s1. The molecule has 3 aromatic rings. The minimum atomic E-state index is -0.332. The Hall–Kier alpha value is -3.63. The summed E-state index contributed by atoms with van der Waals surface area (Å²) in [7, 11) is 0. The number of benzene rings is 2. The van der Waals surface area contributed by atoms with Crippen molar-refractivity contribution in [2.45, 2.75) is 26.3 Å². The lowest BCUT2D eigenvalue weighted by atomic mass is 10.1. The number of carbonyl (C=O) groups excluding carboxylic acids is 2. The molecule has 34 heavy (non-hydrogen) atoms. The van der Waals surface area contributed by atoms with Crippen molar-refractivity contribution in [1.29, 1.82) is 5.26 Å². The Morgan fingerprint density at radius 1 is 1.18 bits per heavy atom. The summed E-state index contributed by atoms with van der Waals surface area (Å²) in [6.07, 6.45) is 0.437. The van der Waals surface area contributed by atoms with Gasteiger partial charge in [0.25, 0.3) is 5.91 Å². The molecular weight excluding hydrogens is 452 g/mol. The third kappa shape index (κ3) is 4.82. The monoisotopic (exact) mass is 476 g/mol. The van der Waals surface area contributed by atoms with E-state index in [1.165, 1.54) is 0 Å². The number of piperazine rings is 1. The van der Waals surface area contributed by atoms with Crippen LogP contribution in [0.15, 0.2) is 48.5 Å². The van der Waals surface area contributed by atoms with E-state index in [0.29, 0.717) is 53.6 Å². The molecule has 8 heteroatoms. The number of pyridine rings is 1. The van der Waals surface area contributed by atoms with Crippen molar-refractivity contribution in [3.05, 3.63) is 64.7 Å². The van der Waals surface area contributed by atoms with E-state index in [9.17, 15) is 9.59 Å². The first-order valence-corrected chi connectivity index (χ1v) is 11.6. The van der Waals surface area contributed by atoms with Gasteiger partial charge in [0.1, 0.15) is 0 Å². The van der Waals surface area contributed by atoms with Gasteiger partial charge in [0.2, 0.25) is 0 Å². The quantitative estimate of drug-likeness (QED) is 0.521. The number of carbonyl (C=O) groups is 2. The molecule has 0 aliphatic carbocycles. The van der Waals surface area contributed by atoms with E-state index in [0.717, 1.165) is 17.4 Å². The van der Waals surface area contributed by atoms with Crippen molar-refractivity contribution in [3.63, 3.8) is 0 Å². The SMILES string of the molecule is CCCOC(=O)N1CCN(C(=O)c2ccc3c(Cl)cc(-c4ccc(C#N)cc4)nc3c2)C[C@H]1C. The summed E-state index contributed by atoms with van der Waals surface area (Å²) >= 11 is 6.52. The van der Waals surface area contributed by atoms with Crippen LogP contribution < -0.4 is 0 Å². The van der Waals surface area contributed by atoms with Gasteiger partial charge in [0.15, 0.2) is 0 Å². The second-order valence-electron chi connectivity index (χ2n) is 8.32. The predicted octanol–water partition coefficient (Wildman–Crippen LogP) is 5.12. The van der Waals surface area contributed by atoms with E-state index in [1.54, 1.807) is 40.1 Å². The maximum absolute atomic E-state index is 13.2. The molecule has 1 aromatic heterocycles. The Bertz CT molecular complexity index is 1270. The van der Waals surface area contributed by atoms with E-state index in [4.69, 9.17) is 26.6 Å². The van der Waals surface area contributed by atoms with Gasteiger partial charge in [-0.05, 0) is 43.7 Å². The van der Waals surface area contributed by atoms with Gasteiger partial charge in [0.05, 0.1) is 34.5 Å². The molecule has 0 spiro atoms. The minimum absolute atomic E-state index is 0.114. The number of halogens is 1. The number of nitriles is 1. The Morgan fingerprint density at radius 3 is 2.62 bits per heavy atom. The highest BCUT2D eigenvalue weighted by molar-refractivity contribution is 6.35. The van der Waals surface area contributed by atoms with Crippen LogP contribution in [0.2, 0.25) is 5.02 Å². The fourth-order valence-electron chi connectivity index (χ4n) is 4.05. The summed E-state index contributed by atoms with van der Waals surface area (Å²) in [6.45, 7) is 5.54. The molecule has 1 aliphatic heterocycles. The molecule has 4 rings (SSSR count). The highest BCUT2D eigenvalue weighted by atomic mass is 35.5. The maximum Gasteiger partial charge on any atom is 0.410 e. The molecule has 0 bridgehead atoms. The van der Waals surface area contributed by atoms with Gasteiger partial charge < -0.3 is 14.5 Å². The number of rotatable bonds is 4. The van der Waals surface area contributed by atoms with Crippen LogP contribution in [0.4, 0.5) is 4.79 Å². The third-order valence-electron chi connectivity index (χ3n) is 5.89. The average Bonchev–Trinajstić information content (AvgIpc) is 2.86. The van der Waals surface area contributed by atoms with E-state index in [2.05, 4.69) is 6.07 Å². The molecule has 0 saturated carbocycles. The Labute approximate surface area is 203 Å². The van der Waals surface area contributed by atoms with Crippen molar-refractivity contribution in [2.24, 2.45) is 0 Å². The minimum Gasteiger partial charge on any atom is -0.449 e. The lowest BCUT2D eigenvalue weighted by Crippen LogP contribution is -2.55. The van der Waals surface area contributed by atoms with Gasteiger partial charge in [-0.2, -0.15) is 5.26 Å². The third-order valence-corrected chi connectivity index (χ3v) is 6.21. The molecule has 1 fully saturated rings. The van der Waals surface area contributed by atoms with Gasteiger partial charge >= 0.3 is 6.09 Å². The van der Waals surface area contributed by atoms with Gasteiger partial charge in [-0.3, -0.25) is 4.79 Å². The van der Waals surface area contributed by atoms with Crippen LogP contribution in [0.25, 0.3) is 22.2 Å². The summed E-state index contributed by atoms with van der Waals surface area (Å²) in [4.78, 5) is 33.6. The predicted molar refractivity (Wildman–Crippen MR) is 131 cm³/mol. The Kier molecular flexibility index (Phi) is 6.99. The van der Waals surface area contributed by atoms with E-state index in [1.807, 2.05) is 32.0 Å². The highest BCUT2D eigenvalue weighted by Gasteiger charge is 2.31. The molecule has 2 amide bonds. The number of hydrogen-bond acceptors (Lipinski definition) is 5. The smallest absolute Gasteiger partial charge is 0.410 e. The number of aromatic nitrogens is 1. The normalized spacial score (nSPS) is 15.8. The molecule has 174 valence electrons. The largest absolute Gasteiger partial charge is 0.449 e. The zero-order chi connectivity index (χ0) is 24.2. The van der Waals surface area contributed by atoms with E-state index < -0.39 is 0 Å². The number of hydrogen-bond donors (Lipinski definition) is 0. The summed E-state index contributed by atoms with van der Waals surface area (Å²) < 4.78 is 5.25. The van der Waals surface area contributed by atoms with Crippen LogP contribution in [-0.2, 0) is 4.74 Å². The first-order valence-electron chi connectivity index (χ1n) is 11.2. The summed E-state index contributed by atoms with van der Waals surface area (Å²) in [5, 5.41) is 10.3. The Balaban J connectivity index is 1.55. The van der Waals surface area contributed by atoms with Crippen LogP contribution in [0.1, 0.15) is 36.2 Å². The van der Waals surface area contributed by atoms with Crippen LogP contribution in [0, 0.1) is 11.3 Å². The number of ether oxygens (including phenoxy) is 1. The van der Waals surface area contributed by atoms with Crippen molar-refractivity contribution in [1.82, 2.24) is 14.8 Å². The number of amides is 2. The molecule has 2 heterocycles. The summed E-state index contributed by atoms with van der Waals surface area (Å²) in [5.41, 5.74) is 3.20. The summed E-state index contributed by atoms with van der Waals surface area (Å²) in [6, 6.07) is 16.2. The second-order valence-corrected chi connectivity index (χ2v) is 8.73. The van der Waals surface area contributed by atoms with Crippen LogP contribution in [0.5, 0.6) is 0 Å². The maximum atomic E-state index is 13.2. The van der Waals surface area contributed by atoms with Crippen LogP contribution in [0.3, 0.4) is 0 Å². The lowest BCUT2D eigenvalue weighted by Gasteiger charge is -2.39. The first kappa shape index (κ1) is 23.5. The van der Waals surface area contributed by atoms with E-state index >= 15 is 0 Å². The molecular formula is C26H25ClN4O3. The summed E-state index contributed by atoms with van der Waals surface area (Å²) in [5.74, 6) is -0.114. The number of fused-ring (bicyclic) bond motifs is 1. The fraction of sp³-hybridized carbons (Fsp3) is 0.308.